The first kappa shape index (κ1) is 22.6. The zero-order valence-corrected chi connectivity index (χ0v) is 17.4. The normalized spacial score (nSPS) is 23.3. The smallest absolute Gasteiger partial charge is 0.368 e. The number of ether oxygens (including phenoxy) is 1. The number of hydrogen-bond acceptors (Lipinski definition) is 6. The number of hydrogen-bond donors (Lipinski definition) is 1. The highest BCUT2D eigenvalue weighted by atomic mass is 19.4. The van der Waals surface area contributed by atoms with Gasteiger partial charge in [-0.2, -0.15) is 13.2 Å². The average Bonchev–Trinajstić information content (AvgIpc) is 3.28. The zero-order chi connectivity index (χ0) is 21.8. The number of hydrazine groups is 2. The second-order valence-electron chi connectivity index (χ2n) is 8.30. The Labute approximate surface area is 186 Å². The molecule has 0 bridgehead atoms. The molecule has 5 rings (SSSR count). The van der Waals surface area contributed by atoms with Gasteiger partial charge in [0.25, 0.3) is 0 Å². The van der Waals surface area contributed by atoms with Gasteiger partial charge in [0.2, 0.25) is 0 Å². The lowest BCUT2D eigenvalue weighted by Crippen LogP contribution is -2.54. The van der Waals surface area contributed by atoms with Gasteiger partial charge in [-0.25, -0.2) is 0 Å². The van der Waals surface area contributed by atoms with Crippen molar-refractivity contribution in [3.05, 3.63) is 70.7 Å². The monoisotopic (exact) mass is 447 g/mol. The zero-order valence-electron chi connectivity index (χ0n) is 17.4. The highest BCUT2D eigenvalue weighted by Gasteiger charge is 2.46. The first-order valence-corrected chi connectivity index (χ1v) is 10.3. The Kier molecular flexibility index (Phi) is 5.91. The number of halogens is 3. The highest BCUT2D eigenvalue weighted by Crippen LogP contribution is 2.37. The molecule has 0 aliphatic carbocycles. The summed E-state index contributed by atoms with van der Waals surface area (Å²) in [5.74, 6) is 0. The molecule has 0 radical (unpaired) electrons. The number of pyridine rings is 1. The van der Waals surface area contributed by atoms with Gasteiger partial charge in [0, 0.05) is 38.4 Å². The summed E-state index contributed by atoms with van der Waals surface area (Å²) in [6.07, 6.45) is -3.07. The first-order valence-electron chi connectivity index (χ1n) is 10.3. The minimum atomic E-state index is -4.42. The van der Waals surface area contributed by atoms with Crippen LogP contribution in [0.5, 0.6) is 0 Å². The van der Waals surface area contributed by atoms with E-state index < -0.39 is 11.9 Å². The van der Waals surface area contributed by atoms with Gasteiger partial charge in [0.1, 0.15) is 5.69 Å². The Balaban J connectivity index is 0.00000245. The molecule has 6 nitrogen and oxygen atoms in total. The molecule has 1 aromatic heterocycles. The molecular formula is C23H28F3N5O. The summed E-state index contributed by atoms with van der Waals surface area (Å²) in [6, 6.07) is 10.9. The fourth-order valence-electron chi connectivity index (χ4n) is 4.67. The van der Waals surface area contributed by atoms with E-state index in [2.05, 4.69) is 39.5 Å². The Morgan fingerprint density at radius 3 is 2.62 bits per heavy atom. The molecule has 32 heavy (non-hydrogen) atoms. The summed E-state index contributed by atoms with van der Waals surface area (Å²) in [6.45, 7) is 4.62. The van der Waals surface area contributed by atoms with E-state index in [9.17, 15) is 13.2 Å². The SMILES string of the molecule is C.Cc1ccccc1C1=C2CO[C@@H]3CN(Cc4ccc(C(F)(F)F)nc4)C[C@H]3N2NN1C. The lowest BCUT2D eigenvalue weighted by molar-refractivity contribution is -0.141. The standard InChI is InChI=1S/C22H24F3N5O.CH4/c1-14-5-3-4-6-16(14)21-18-13-31-19-12-29(11-17(19)30(18)27-28(21)2)10-15-7-8-20(26-9-15)22(23,24)25;/h3-9,17,19,27H,10-13H2,1-2H3;1H4/t17-,19-;/m1./s1. The van der Waals surface area contributed by atoms with Crippen LogP contribution in [-0.4, -0.2) is 58.8 Å². The minimum absolute atomic E-state index is 0. The maximum atomic E-state index is 12.8. The van der Waals surface area contributed by atoms with Crippen LogP contribution >= 0.6 is 0 Å². The van der Waals surface area contributed by atoms with Crippen molar-refractivity contribution >= 4 is 5.70 Å². The molecule has 0 saturated carbocycles. The topological polar surface area (TPSA) is 43.9 Å². The third kappa shape index (κ3) is 3.96. The number of alkyl halides is 3. The molecule has 0 amide bonds. The molecule has 2 fully saturated rings. The van der Waals surface area contributed by atoms with Gasteiger partial charge in [-0.15, -0.1) is 5.53 Å². The Bertz CT molecular complexity index is 1010. The van der Waals surface area contributed by atoms with Crippen LogP contribution < -0.4 is 5.53 Å². The van der Waals surface area contributed by atoms with E-state index in [1.54, 1.807) is 0 Å². The number of nitrogens with zero attached hydrogens (tertiary/aromatic N) is 4. The van der Waals surface area contributed by atoms with Gasteiger partial charge >= 0.3 is 6.18 Å². The van der Waals surface area contributed by atoms with E-state index in [0.717, 1.165) is 36.1 Å². The van der Waals surface area contributed by atoms with Crippen molar-refractivity contribution in [1.29, 1.82) is 0 Å². The quantitative estimate of drug-likeness (QED) is 0.775. The lowest BCUT2D eigenvalue weighted by atomic mass is 10.0. The number of aryl methyl sites for hydroxylation is 1. The average molecular weight is 448 g/mol. The number of nitrogens with one attached hydrogen (secondary N) is 1. The molecular weight excluding hydrogens is 419 g/mol. The van der Waals surface area contributed by atoms with Gasteiger partial charge in [-0.1, -0.05) is 37.8 Å². The van der Waals surface area contributed by atoms with E-state index in [1.165, 1.54) is 23.4 Å². The molecule has 4 heterocycles. The molecule has 9 heteroatoms. The highest BCUT2D eigenvalue weighted by molar-refractivity contribution is 5.70. The van der Waals surface area contributed by atoms with Gasteiger partial charge in [0.05, 0.1) is 30.1 Å². The lowest BCUT2D eigenvalue weighted by Gasteiger charge is -2.36. The van der Waals surface area contributed by atoms with Crippen molar-refractivity contribution in [3.63, 3.8) is 0 Å². The van der Waals surface area contributed by atoms with Crippen molar-refractivity contribution in [2.24, 2.45) is 0 Å². The Morgan fingerprint density at radius 1 is 1.16 bits per heavy atom. The van der Waals surface area contributed by atoms with E-state index >= 15 is 0 Å². The summed E-state index contributed by atoms with van der Waals surface area (Å²) < 4.78 is 44.5. The number of aromatic nitrogens is 1. The van der Waals surface area contributed by atoms with E-state index in [4.69, 9.17) is 4.74 Å². The van der Waals surface area contributed by atoms with Crippen LogP contribution in [0.1, 0.15) is 29.8 Å². The summed E-state index contributed by atoms with van der Waals surface area (Å²) in [5.41, 5.74) is 7.94. The third-order valence-corrected chi connectivity index (χ3v) is 6.16. The minimum Gasteiger partial charge on any atom is -0.368 e. The van der Waals surface area contributed by atoms with Crippen molar-refractivity contribution in [2.75, 3.05) is 26.7 Å². The molecule has 2 saturated heterocycles. The van der Waals surface area contributed by atoms with Crippen LogP contribution in [0.25, 0.3) is 5.70 Å². The van der Waals surface area contributed by atoms with E-state index in [1.807, 2.05) is 24.2 Å². The fraction of sp³-hybridized carbons (Fsp3) is 0.435. The molecule has 3 aliphatic heterocycles. The van der Waals surface area contributed by atoms with E-state index in [0.29, 0.717) is 13.2 Å². The van der Waals surface area contributed by atoms with Crippen LogP contribution in [-0.2, 0) is 17.5 Å². The first-order chi connectivity index (χ1) is 14.8. The fourth-order valence-corrected chi connectivity index (χ4v) is 4.67. The van der Waals surface area contributed by atoms with Crippen LogP contribution in [0.4, 0.5) is 13.2 Å². The van der Waals surface area contributed by atoms with Gasteiger partial charge in [-0.05, 0) is 24.1 Å². The van der Waals surface area contributed by atoms with Gasteiger partial charge in [0.15, 0.2) is 0 Å². The molecule has 1 N–H and O–H groups in total. The van der Waals surface area contributed by atoms with Crippen LogP contribution in [0.3, 0.4) is 0 Å². The molecule has 3 aliphatic rings. The molecule has 0 spiro atoms. The van der Waals surface area contributed by atoms with Gasteiger partial charge < -0.3 is 4.74 Å². The maximum absolute atomic E-state index is 12.8. The Hall–Kier alpha value is -2.62. The largest absolute Gasteiger partial charge is 0.433 e. The van der Waals surface area contributed by atoms with Crippen molar-refractivity contribution in [2.45, 2.75) is 39.2 Å². The predicted molar refractivity (Wildman–Crippen MR) is 116 cm³/mol. The second kappa shape index (κ2) is 8.38. The second-order valence-corrected chi connectivity index (χ2v) is 8.30. The van der Waals surface area contributed by atoms with Crippen LogP contribution in [0, 0.1) is 6.92 Å². The number of likely N-dealkylation sites (tertiary alicyclic amines) is 1. The summed E-state index contributed by atoms with van der Waals surface area (Å²) >= 11 is 0. The summed E-state index contributed by atoms with van der Waals surface area (Å²) in [7, 11) is 2.00. The third-order valence-electron chi connectivity index (χ3n) is 6.16. The van der Waals surface area contributed by atoms with Crippen molar-refractivity contribution in [3.8, 4) is 0 Å². The Morgan fingerprint density at radius 2 is 1.94 bits per heavy atom. The maximum Gasteiger partial charge on any atom is 0.433 e. The van der Waals surface area contributed by atoms with Crippen molar-refractivity contribution < 1.29 is 17.9 Å². The molecule has 2 atom stereocenters. The summed E-state index contributed by atoms with van der Waals surface area (Å²) in [5, 5.41) is 4.23. The number of morpholine rings is 1. The number of benzene rings is 1. The molecule has 0 unspecified atom stereocenters. The number of rotatable bonds is 3. The number of fused-ring (bicyclic) bond motifs is 3. The van der Waals surface area contributed by atoms with E-state index in [-0.39, 0.29) is 19.6 Å². The molecule has 1 aromatic carbocycles. The van der Waals surface area contributed by atoms with Crippen LogP contribution in [0.2, 0.25) is 0 Å². The predicted octanol–water partition coefficient (Wildman–Crippen LogP) is 3.66. The molecule has 2 aromatic rings. The van der Waals surface area contributed by atoms with Crippen LogP contribution in [0.15, 0.2) is 48.3 Å². The molecule has 172 valence electrons. The van der Waals surface area contributed by atoms with Gasteiger partial charge in [-0.3, -0.25) is 19.9 Å². The van der Waals surface area contributed by atoms with Crippen molar-refractivity contribution in [1.82, 2.24) is 25.4 Å². The summed E-state index contributed by atoms with van der Waals surface area (Å²) in [4.78, 5) is 5.78.